The fraction of sp³-hybridized carbons (Fsp3) is 0.417. The second-order valence-corrected chi connectivity index (χ2v) is 3.61. The number of benzene rings is 1. The summed E-state index contributed by atoms with van der Waals surface area (Å²) in [6.07, 6.45) is -1.96. The number of methoxy groups -OCH3 is 1. The number of rotatable bonds is 5. The Morgan fingerprint density at radius 3 is 2.78 bits per heavy atom. The zero-order chi connectivity index (χ0) is 13.7. The Labute approximate surface area is 104 Å². The number of esters is 1. The van der Waals surface area contributed by atoms with Crippen molar-refractivity contribution in [1.29, 1.82) is 0 Å². The van der Waals surface area contributed by atoms with E-state index >= 15 is 0 Å². The van der Waals surface area contributed by atoms with E-state index in [9.17, 15) is 14.3 Å². The van der Waals surface area contributed by atoms with Crippen molar-refractivity contribution < 1.29 is 23.8 Å². The monoisotopic (exact) mass is 257 g/mol. The molecule has 3 N–H and O–H groups in total. The number of hydrogen-bond donors (Lipinski definition) is 2. The lowest BCUT2D eigenvalue weighted by Gasteiger charge is -2.16. The molecule has 18 heavy (non-hydrogen) atoms. The van der Waals surface area contributed by atoms with Gasteiger partial charge in [-0.25, -0.2) is 9.18 Å². The van der Waals surface area contributed by atoms with Crippen molar-refractivity contribution in [2.45, 2.75) is 19.1 Å². The van der Waals surface area contributed by atoms with Gasteiger partial charge in [0.2, 0.25) is 6.17 Å². The molecule has 0 amide bonds. The second kappa shape index (κ2) is 6.20. The van der Waals surface area contributed by atoms with Crippen molar-refractivity contribution in [2.24, 2.45) is 5.73 Å². The summed E-state index contributed by atoms with van der Waals surface area (Å²) < 4.78 is 23.1. The van der Waals surface area contributed by atoms with Crippen LogP contribution in [0.15, 0.2) is 18.2 Å². The first-order valence-corrected chi connectivity index (χ1v) is 5.44. The van der Waals surface area contributed by atoms with Crippen LogP contribution in [0.4, 0.5) is 4.39 Å². The molecule has 100 valence electrons. The average Bonchev–Trinajstić information content (AvgIpc) is 2.38. The zero-order valence-corrected chi connectivity index (χ0v) is 10.2. The average molecular weight is 257 g/mol. The van der Waals surface area contributed by atoms with Crippen molar-refractivity contribution in [3.8, 4) is 11.5 Å². The maximum atomic E-state index is 13.7. The Morgan fingerprint density at radius 1 is 1.56 bits per heavy atom. The lowest BCUT2D eigenvalue weighted by molar-refractivity contribution is -0.149. The molecular formula is C12H16FNO4. The summed E-state index contributed by atoms with van der Waals surface area (Å²) in [7, 11) is 1.36. The molecule has 0 bridgehead atoms. The fourth-order valence-corrected chi connectivity index (χ4v) is 1.44. The van der Waals surface area contributed by atoms with Crippen LogP contribution < -0.4 is 10.5 Å². The van der Waals surface area contributed by atoms with Crippen LogP contribution in [0.25, 0.3) is 0 Å². The van der Waals surface area contributed by atoms with Crippen molar-refractivity contribution in [1.82, 2.24) is 0 Å². The van der Waals surface area contributed by atoms with Crippen LogP contribution >= 0.6 is 0 Å². The molecule has 1 aromatic rings. The van der Waals surface area contributed by atoms with Crippen LogP contribution in [0, 0.1) is 0 Å². The number of aromatic hydroxyl groups is 1. The quantitative estimate of drug-likeness (QED) is 0.777. The van der Waals surface area contributed by atoms with E-state index in [1.165, 1.54) is 25.3 Å². The lowest BCUT2D eigenvalue weighted by atomic mass is 10.0. The topological polar surface area (TPSA) is 81.8 Å². The summed E-state index contributed by atoms with van der Waals surface area (Å²) in [5.74, 6) is -0.920. The SMILES string of the molecule is CCOC(=O)C(F)[C@H](N)c1ccc(O)c(OC)c1. The van der Waals surface area contributed by atoms with Crippen LogP contribution in [0.1, 0.15) is 18.5 Å². The maximum absolute atomic E-state index is 13.7. The summed E-state index contributed by atoms with van der Waals surface area (Å²) in [6, 6.07) is 2.96. The molecule has 0 saturated carbocycles. The van der Waals surface area contributed by atoms with Gasteiger partial charge in [0.05, 0.1) is 19.8 Å². The number of phenols is 1. The predicted molar refractivity (Wildman–Crippen MR) is 63.1 cm³/mol. The van der Waals surface area contributed by atoms with Gasteiger partial charge in [0.1, 0.15) is 0 Å². The van der Waals surface area contributed by atoms with E-state index in [0.717, 1.165) is 0 Å². The van der Waals surface area contributed by atoms with Gasteiger partial charge in [-0.2, -0.15) is 0 Å². The van der Waals surface area contributed by atoms with Gasteiger partial charge in [0.15, 0.2) is 11.5 Å². The second-order valence-electron chi connectivity index (χ2n) is 3.61. The van der Waals surface area contributed by atoms with Crippen molar-refractivity contribution in [2.75, 3.05) is 13.7 Å². The number of hydrogen-bond acceptors (Lipinski definition) is 5. The van der Waals surface area contributed by atoms with Crippen LogP contribution in [0.2, 0.25) is 0 Å². The molecule has 1 unspecified atom stereocenters. The van der Waals surface area contributed by atoms with Crippen molar-refractivity contribution in [3.63, 3.8) is 0 Å². The highest BCUT2D eigenvalue weighted by Gasteiger charge is 2.28. The fourth-order valence-electron chi connectivity index (χ4n) is 1.44. The Morgan fingerprint density at radius 2 is 2.22 bits per heavy atom. The highest BCUT2D eigenvalue weighted by Crippen LogP contribution is 2.29. The third-order valence-corrected chi connectivity index (χ3v) is 2.42. The largest absolute Gasteiger partial charge is 0.504 e. The molecular weight excluding hydrogens is 241 g/mol. The number of carbonyl (C=O) groups is 1. The first kappa shape index (κ1) is 14.2. The molecule has 0 spiro atoms. The molecule has 2 atom stereocenters. The molecule has 1 aromatic carbocycles. The minimum Gasteiger partial charge on any atom is -0.504 e. The van der Waals surface area contributed by atoms with E-state index in [-0.39, 0.29) is 18.1 Å². The maximum Gasteiger partial charge on any atom is 0.342 e. The third kappa shape index (κ3) is 3.10. The predicted octanol–water partition coefficient (Wildman–Crippen LogP) is 1.30. The van der Waals surface area contributed by atoms with E-state index in [1.54, 1.807) is 6.92 Å². The van der Waals surface area contributed by atoms with Crippen molar-refractivity contribution >= 4 is 5.97 Å². The standard InChI is InChI=1S/C12H16FNO4/c1-3-18-12(16)10(13)11(14)7-4-5-8(15)9(6-7)17-2/h4-6,10-11,15H,3,14H2,1-2H3/t10?,11-/m1/s1. The van der Waals surface area contributed by atoms with Crippen LogP contribution in [-0.4, -0.2) is 31.0 Å². The molecule has 0 radical (unpaired) electrons. The van der Waals surface area contributed by atoms with Gasteiger partial charge < -0.3 is 20.3 Å². The van der Waals surface area contributed by atoms with Gasteiger partial charge in [0.25, 0.3) is 0 Å². The third-order valence-electron chi connectivity index (χ3n) is 2.42. The number of nitrogens with two attached hydrogens (primary N) is 1. The highest BCUT2D eigenvalue weighted by molar-refractivity contribution is 5.75. The van der Waals surface area contributed by atoms with Gasteiger partial charge in [-0.3, -0.25) is 0 Å². The first-order chi connectivity index (χ1) is 8.51. The van der Waals surface area contributed by atoms with Gasteiger partial charge in [-0.05, 0) is 24.6 Å². The Balaban J connectivity index is 2.89. The molecule has 5 nitrogen and oxygen atoms in total. The molecule has 6 heteroatoms. The molecule has 0 aromatic heterocycles. The minimum atomic E-state index is -1.96. The van der Waals surface area contributed by atoms with Crippen molar-refractivity contribution in [3.05, 3.63) is 23.8 Å². The number of phenolic OH excluding ortho intramolecular Hbond substituents is 1. The van der Waals surface area contributed by atoms with E-state index < -0.39 is 18.2 Å². The molecule has 1 rings (SSSR count). The van der Waals surface area contributed by atoms with E-state index in [2.05, 4.69) is 4.74 Å². The van der Waals surface area contributed by atoms with Gasteiger partial charge in [-0.1, -0.05) is 6.07 Å². The minimum absolute atomic E-state index is 0.0833. The highest BCUT2D eigenvalue weighted by atomic mass is 19.1. The Bertz CT molecular complexity index is 425. The molecule has 0 aliphatic heterocycles. The normalized spacial score (nSPS) is 13.8. The van der Waals surface area contributed by atoms with E-state index in [0.29, 0.717) is 5.56 Å². The van der Waals surface area contributed by atoms with Gasteiger partial charge in [-0.15, -0.1) is 0 Å². The number of carbonyl (C=O) groups excluding carboxylic acids is 1. The summed E-state index contributed by atoms with van der Waals surface area (Å²) in [4.78, 5) is 11.2. The zero-order valence-electron chi connectivity index (χ0n) is 10.2. The molecule has 0 saturated heterocycles. The summed E-state index contributed by atoms with van der Waals surface area (Å²) in [5.41, 5.74) is 5.97. The van der Waals surface area contributed by atoms with E-state index in [1.807, 2.05) is 0 Å². The Kier molecular flexibility index (Phi) is 4.91. The first-order valence-electron chi connectivity index (χ1n) is 5.44. The summed E-state index contributed by atoms with van der Waals surface area (Å²) in [5, 5.41) is 9.40. The summed E-state index contributed by atoms with van der Waals surface area (Å²) >= 11 is 0. The molecule has 0 fully saturated rings. The van der Waals surface area contributed by atoms with Crippen LogP contribution in [0.3, 0.4) is 0 Å². The molecule has 0 heterocycles. The van der Waals surface area contributed by atoms with Gasteiger partial charge in [0, 0.05) is 0 Å². The van der Waals surface area contributed by atoms with Crippen LogP contribution in [-0.2, 0) is 9.53 Å². The van der Waals surface area contributed by atoms with E-state index in [4.69, 9.17) is 10.5 Å². The molecule has 0 aliphatic rings. The number of halogens is 1. The van der Waals surface area contributed by atoms with Gasteiger partial charge >= 0.3 is 5.97 Å². The number of alkyl halides is 1. The lowest BCUT2D eigenvalue weighted by Crippen LogP contribution is -2.31. The smallest absolute Gasteiger partial charge is 0.342 e. The molecule has 0 aliphatic carbocycles. The van der Waals surface area contributed by atoms with Crippen LogP contribution in [0.5, 0.6) is 11.5 Å². The Hall–Kier alpha value is -1.82. The number of ether oxygens (including phenoxy) is 2. The summed E-state index contributed by atoms with van der Waals surface area (Å²) in [6.45, 7) is 1.67.